The van der Waals surface area contributed by atoms with Crippen LogP contribution in [-0.4, -0.2) is 6.04 Å². The fourth-order valence-electron chi connectivity index (χ4n) is 3.21. The molecular weight excluding hydrogens is 282 g/mol. The Hall–Kier alpha value is -1.26. The molecular formula is C16H21F4N. The van der Waals surface area contributed by atoms with E-state index in [1.165, 1.54) is 0 Å². The highest BCUT2D eigenvalue weighted by Crippen LogP contribution is 2.33. The number of hydrogen-bond donors (Lipinski definition) is 1. The second-order valence-corrected chi connectivity index (χ2v) is 6.35. The fourth-order valence-corrected chi connectivity index (χ4v) is 3.21. The first-order chi connectivity index (χ1) is 9.88. The zero-order valence-electron chi connectivity index (χ0n) is 12.4. The molecule has 1 aliphatic rings. The van der Waals surface area contributed by atoms with Crippen molar-refractivity contribution in [2.45, 2.75) is 52.0 Å². The lowest BCUT2D eigenvalue weighted by atomic mass is 9.81. The lowest BCUT2D eigenvalue weighted by Gasteiger charge is -2.31. The summed E-state index contributed by atoms with van der Waals surface area (Å²) >= 11 is 0. The second-order valence-electron chi connectivity index (χ2n) is 6.35. The van der Waals surface area contributed by atoms with Crippen molar-refractivity contribution in [1.29, 1.82) is 0 Å². The fraction of sp³-hybridized carbons (Fsp3) is 0.625. The van der Waals surface area contributed by atoms with Gasteiger partial charge in [-0.1, -0.05) is 26.7 Å². The van der Waals surface area contributed by atoms with Crippen LogP contribution in [-0.2, 0) is 0 Å². The third-order valence-electron chi connectivity index (χ3n) is 4.05. The smallest absolute Gasteiger partial charge is 0.185 e. The molecule has 2 rings (SSSR count). The summed E-state index contributed by atoms with van der Waals surface area (Å²) in [6.07, 6.45) is 4.64. The Labute approximate surface area is 122 Å². The highest BCUT2D eigenvalue weighted by molar-refractivity contribution is 5.48. The van der Waals surface area contributed by atoms with Gasteiger partial charge in [0.25, 0.3) is 0 Å². The molecule has 1 saturated carbocycles. The molecule has 118 valence electrons. The van der Waals surface area contributed by atoms with Crippen molar-refractivity contribution in [3.05, 3.63) is 29.3 Å². The van der Waals surface area contributed by atoms with Gasteiger partial charge in [0.1, 0.15) is 5.69 Å². The summed E-state index contributed by atoms with van der Waals surface area (Å²) in [6, 6.07) is 0.0888. The van der Waals surface area contributed by atoms with E-state index in [9.17, 15) is 17.6 Å². The summed E-state index contributed by atoms with van der Waals surface area (Å²) in [5.41, 5.74) is -0.678. The molecule has 2 unspecified atom stereocenters. The number of rotatable bonds is 4. The van der Waals surface area contributed by atoms with Crippen LogP contribution in [0.4, 0.5) is 23.2 Å². The molecule has 1 fully saturated rings. The molecule has 21 heavy (non-hydrogen) atoms. The van der Waals surface area contributed by atoms with Gasteiger partial charge in [-0.05, 0) is 31.1 Å². The molecule has 0 aromatic heterocycles. The molecule has 0 radical (unpaired) electrons. The molecule has 0 aliphatic heterocycles. The van der Waals surface area contributed by atoms with E-state index in [4.69, 9.17) is 0 Å². The van der Waals surface area contributed by atoms with E-state index in [0.717, 1.165) is 32.1 Å². The summed E-state index contributed by atoms with van der Waals surface area (Å²) in [5, 5.41) is 2.67. The van der Waals surface area contributed by atoms with Gasteiger partial charge in [-0.15, -0.1) is 0 Å². The number of nitrogens with one attached hydrogen (secondary N) is 1. The highest BCUT2D eigenvalue weighted by Gasteiger charge is 2.26. The van der Waals surface area contributed by atoms with Crippen LogP contribution < -0.4 is 5.32 Å². The van der Waals surface area contributed by atoms with Crippen LogP contribution in [0.1, 0.15) is 46.0 Å². The van der Waals surface area contributed by atoms with Crippen molar-refractivity contribution in [1.82, 2.24) is 0 Å². The molecule has 0 heterocycles. The van der Waals surface area contributed by atoms with E-state index < -0.39 is 29.0 Å². The van der Waals surface area contributed by atoms with Crippen LogP contribution in [0.2, 0.25) is 0 Å². The summed E-state index contributed by atoms with van der Waals surface area (Å²) in [5.74, 6) is -4.38. The molecule has 1 aliphatic carbocycles. The number of halogens is 4. The van der Waals surface area contributed by atoms with Crippen molar-refractivity contribution < 1.29 is 17.6 Å². The van der Waals surface area contributed by atoms with E-state index in [-0.39, 0.29) is 12.1 Å². The molecule has 5 heteroatoms. The number of anilines is 1. The van der Waals surface area contributed by atoms with Crippen LogP contribution in [0, 0.1) is 35.1 Å². The molecule has 1 N–H and O–H groups in total. The highest BCUT2D eigenvalue weighted by atomic mass is 19.2. The van der Waals surface area contributed by atoms with Gasteiger partial charge in [-0.2, -0.15) is 0 Å². The minimum atomic E-state index is -1.37. The van der Waals surface area contributed by atoms with Crippen molar-refractivity contribution in [2.75, 3.05) is 5.32 Å². The Morgan fingerprint density at radius 2 is 1.71 bits per heavy atom. The predicted octanol–water partition coefficient (Wildman–Crippen LogP) is 5.26. The van der Waals surface area contributed by atoms with Crippen LogP contribution in [0.3, 0.4) is 0 Å². The third kappa shape index (κ3) is 3.89. The summed E-state index contributed by atoms with van der Waals surface area (Å²) in [7, 11) is 0. The predicted molar refractivity (Wildman–Crippen MR) is 75.1 cm³/mol. The maximum Gasteiger partial charge on any atom is 0.185 e. The minimum absolute atomic E-state index is 0.146. The van der Waals surface area contributed by atoms with Crippen molar-refractivity contribution in [2.24, 2.45) is 11.8 Å². The van der Waals surface area contributed by atoms with Gasteiger partial charge >= 0.3 is 0 Å². The lowest BCUT2D eigenvalue weighted by molar-refractivity contribution is 0.288. The largest absolute Gasteiger partial charge is 0.377 e. The number of hydrogen-bond acceptors (Lipinski definition) is 1. The van der Waals surface area contributed by atoms with Crippen molar-refractivity contribution in [3.8, 4) is 0 Å². The topological polar surface area (TPSA) is 12.0 Å². The quantitative estimate of drug-likeness (QED) is 0.591. The van der Waals surface area contributed by atoms with Crippen LogP contribution in [0.25, 0.3) is 0 Å². The van der Waals surface area contributed by atoms with Crippen LogP contribution in [0.15, 0.2) is 6.07 Å². The Morgan fingerprint density at radius 1 is 1.10 bits per heavy atom. The second kappa shape index (κ2) is 6.67. The number of benzene rings is 1. The van der Waals surface area contributed by atoms with Crippen molar-refractivity contribution >= 4 is 5.69 Å². The van der Waals surface area contributed by atoms with Gasteiger partial charge in [0.2, 0.25) is 0 Å². The molecule has 2 atom stereocenters. The summed E-state index contributed by atoms with van der Waals surface area (Å²) < 4.78 is 53.7. The van der Waals surface area contributed by atoms with Gasteiger partial charge in [-0.3, -0.25) is 0 Å². The Balaban J connectivity index is 2.11. The first-order valence-electron chi connectivity index (χ1n) is 7.48. The third-order valence-corrected chi connectivity index (χ3v) is 4.05. The first-order valence-corrected chi connectivity index (χ1v) is 7.48. The van der Waals surface area contributed by atoms with Crippen molar-refractivity contribution in [3.63, 3.8) is 0 Å². The normalized spacial score (nSPS) is 22.6. The Bertz CT molecular complexity index is 475. The Morgan fingerprint density at radius 3 is 2.29 bits per heavy atom. The molecule has 0 saturated heterocycles. The van der Waals surface area contributed by atoms with E-state index >= 15 is 0 Å². The molecule has 0 amide bonds. The standard InChI is InChI=1S/C16H21F4N/c1-9(2)6-10-4-3-5-11(7-10)21-16-14(19)12(17)8-13(18)15(16)20/h8-11,21H,3-7H2,1-2H3. The first kappa shape index (κ1) is 16.1. The molecule has 0 spiro atoms. The van der Waals surface area contributed by atoms with Crippen LogP contribution >= 0.6 is 0 Å². The van der Waals surface area contributed by atoms with E-state index in [0.29, 0.717) is 11.8 Å². The SMILES string of the molecule is CC(C)CC1CCCC(Nc2c(F)c(F)cc(F)c2F)C1. The summed E-state index contributed by atoms with van der Waals surface area (Å²) in [6.45, 7) is 4.27. The lowest BCUT2D eigenvalue weighted by Crippen LogP contribution is -2.29. The monoisotopic (exact) mass is 303 g/mol. The molecule has 0 bridgehead atoms. The average molecular weight is 303 g/mol. The van der Waals surface area contributed by atoms with Gasteiger partial charge in [0, 0.05) is 12.1 Å². The molecule has 1 aromatic carbocycles. The molecule has 1 aromatic rings. The van der Waals surface area contributed by atoms with Gasteiger partial charge < -0.3 is 5.32 Å². The van der Waals surface area contributed by atoms with E-state index in [2.05, 4.69) is 19.2 Å². The maximum atomic E-state index is 13.7. The zero-order chi connectivity index (χ0) is 15.6. The van der Waals surface area contributed by atoms with Crippen LogP contribution in [0.5, 0.6) is 0 Å². The maximum absolute atomic E-state index is 13.7. The van der Waals surface area contributed by atoms with E-state index in [1.807, 2.05) is 0 Å². The van der Waals surface area contributed by atoms with Gasteiger partial charge in [-0.25, -0.2) is 17.6 Å². The molecule has 1 nitrogen and oxygen atoms in total. The minimum Gasteiger partial charge on any atom is -0.377 e. The zero-order valence-corrected chi connectivity index (χ0v) is 12.4. The summed E-state index contributed by atoms with van der Waals surface area (Å²) in [4.78, 5) is 0. The van der Waals surface area contributed by atoms with Gasteiger partial charge in [0.15, 0.2) is 23.3 Å². The van der Waals surface area contributed by atoms with Gasteiger partial charge in [0.05, 0.1) is 0 Å². The van der Waals surface area contributed by atoms with E-state index in [1.54, 1.807) is 0 Å². The Kier molecular flexibility index (Phi) is 5.12. The average Bonchev–Trinajstić information content (AvgIpc) is 2.41.